The van der Waals surface area contributed by atoms with Crippen molar-refractivity contribution in [2.45, 2.75) is 0 Å². The lowest BCUT2D eigenvalue weighted by Gasteiger charge is -2.07. The number of benzene rings is 3. The molecule has 124 valence electrons. The zero-order valence-corrected chi connectivity index (χ0v) is 16.8. The Bertz CT molecular complexity index is 1140. The Morgan fingerprint density at radius 2 is 1.42 bits per heavy atom. The van der Waals surface area contributed by atoms with Gasteiger partial charge in [0.05, 0.1) is 5.52 Å². The predicted molar refractivity (Wildman–Crippen MR) is 113 cm³/mol. The van der Waals surface area contributed by atoms with E-state index >= 15 is 0 Å². The highest BCUT2D eigenvalue weighted by Gasteiger charge is 2.11. The largest absolute Gasteiger partial charge is 0.227 e. The second-order valence-electron chi connectivity index (χ2n) is 5.66. The fraction of sp³-hybridized carbons (Fsp3) is 0. The minimum Gasteiger partial charge on any atom is -0.227 e. The van der Waals surface area contributed by atoms with Crippen LogP contribution in [0.3, 0.4) is 0 Å². The summed E-state index contributed by atoms with van der Waals surface area (Å²) in [7, 11) is 0. The topological polar surface area (TPSA) is 25.8 Å². The van der Waals surface area contributed by atoms with Gasteiger partial charge in [-0.2, -0.15) is 0 Å². The number of aromatic nitrogens is 2. The van der Waals surface area contributed by atoms with Crippen molar-refractivity contribution in [3.05, 3.63) is 93.0 Å². The van der Waals surface area contributed by atoms with E-state index in [-0.39, 0.29) is 0 Å². The van der Waals surface area contributed by atoms with Gasteiger partial charge in [0.2, 0.25) is 0 Å². The molecule has 0 saturated carbocycles. The fourth-order valence-electron chi connectivity index (χ4n) is 2.62. The Balaban J connectivity index is 1.96. The maximum atomic E-state index is 4.76. The number of rotatable bonds is 1. The van der Waals surface area contributed by atoms with Crippen molar-refractivity contribution in [2.24, 2.45) is 0 Å². The molecule has 4 heteroatoms. The summed E-state index contributed by atoms with van der Waals surface area (Å²) in [4.78, 5) is 9.50. The van der Waals surface area contributed by atoms with Crippen LogP contribution in [0.15, 0.2) is 81.7 Å². The molecule has 0 saturated heterocycles. The van der Waals surface area contributed by atoms with Gasteiger partial charge in [0.25, 0.3) is 0 Å². The molecule has 26 heavy (non-hydrogen) atoms. The van der Waals surface area contributed by atoms with Crippen LogP contribution >= 0.6 is 31.9 Å². The van der Waals surface area contributed by atoms with Gasteiger partial charge in [-0.3, -0.25) is 0 Å². The summed E-state index contributed by atoms with van der Waals surface area (Å²) in [6.45, 7) is 0. The maximum Gasteiger partial charge on any atom is 0.161 e. The summed E-state index contributed by atoms with van der Waals surface area (Å²) in [6, 6.07) is 23.8. The molecule has 1 heterocycles. The maximum absolute atomic E-state index is 4.76. The highest BCUT2D eigenvalue weighted by molar-refractivity contribution is 9.11. The summed E-state index contributed by atoms with van der Waals surface area (Å²) in [5.41, 5.74) is 3.47. The summed E-state index contributed by atoms with van der Waals surface area (Å²) >= 11 is 7.16. The third-order valence-corrected chi connectivity index (χ3v) is 4.91. The molecule has 0 unspecified atom stereocenters. The van der Waals surface area contributed by atoms with Crippen molar-refractivity contribution in [1.82, 2.24) is 9.97 Å². The Morgan fingerprint density at radius 3 is 2.15 bits per heavy atom. The van der Waals surface area contributed by atoms with Gasteiger partial charge >= 0.3 is 0 Å². The van der Waals surface area contributed by atoms with E-state index in [1.54, 1.807) is 0 Å². The molecule has 0 atom stereocenters. The Hall–Kier alpha value is -2.48. The molecule has 0 fully saturated rings. The van der Waals surface area contributed by atoms with Crippen LogP contribution in [0.4, 0.5) is 0 Å². The number of hydrogen-bond donors (Lipinski definition) is 0. The van der Waals surface area contributed by atoms with Gasteiger partial charge < -0.3 is 0 Å². The van der Waals surface area contributed by atoms with Crippen molar-refractivity contribution >= 4 is 42.8 Å². The van der Waals surface area contributed by atoms with Gasteiger partial charge in [0.15, 0.2) is 5.82 Å². The lowest BCUT2D eigenvalue weighted by atomic mass is 10.1. The average molecular weight is 464 g/mol. The first-order chi connectivity index (χ1) is 12.7. The van der Waals surface area contributed by atoms with Gasteiger partial charge in [-0.15, -0.1) is 0 Å². The van der Waals surface area contributed by atoms with Crippen LogP contribution in [0.1, 0.15) is 11.3 Å². The monoisotopic (exact) mass is 462 g/mol. The average Bonchev–Trinajstić information content (AvgIpc) is 2.68. The first-order valence-electron chi connectivity index (χ1n) is 8.00. The molecule has 0 bridgehead atoms. The molecule has 0 radical (unpaired) electrons. The normalized spacial score (nSPS) is 10.4. The van der Waals surface area contributed by atoms with Crippen LogP contribution in [0, 0.1) is 11.8 Å². The third-order valence-electron chi connectivity index (χ3n) is 3.85. The zero-order chi connectivity index (χ0) is 17.9. The van der Waals surface area contributed by atoms with Crippen molar-refractivity contribution in [1.29, 1.82) is 0 Å². The van der Waals surface area contributed by atoms with Crippen LogP contribution in [-0.2, 0) is 0 Å². The lowest BCUT2D eigenvalue weighted by molar-refractivity contribution is 1.20. The quantitative estimate of drug-likeness (QED) is 0.313. The van der Waals surface area contributed by atoms with Gasteiger partial charge in [0, 0.05) is 25.5 Å². The second-order valence-corrected chi connectivity index (χ2v) is 7.43. The van der Waals surface area contributed by atoms with Crippen LogP contribution in [0.2, 0.25) is 0 Å². The van der Waals surface area contributed by atoms with Crippen LogP contribution in [0.25, 0.3) is 22.3 Å². The fourth-order valence-corrected chi connectivity index (χ4v) is 3.94. The first-order valence-corrected chi connectivity index (χ1v) is 9.58. The van der Waals surface area contributed by atoms with Crippen molar-refractivity contribution in [3.8, 4) is 23.2 Å². The molecule has 0 N–H and O–H groups in total. The minimum absolute atomic E-state index is 0.665. The molecule has 2 nitrogen and oxygen atoms in total. The SMILES string of the molecule is Brc1cc(Br)c2nc(-c3ccccc3)nc(C#Cc3ccccc3)c2c1. The zero-order valence-electron chi connectivity index (χ0n) is 13.6. The number of halogens is 2. The summed E-state index contributed by atoms with van der Waals surface area (Å²) in [5.74, 6) is 7.09. The molecule has 4 aromatic rings. The van der Waals surface area contributed by atoms with E-state index in [4.69, 9.17) is 9.97 Å². The van der Waals surface area contributed by atoms with Crippen molar-refractivity contribution < 1.29 is 0 Å². The molecule has 0 spiro atoms. The molecule has 3 aromatic carbocycles. The molecular weight excluding hydrogens is 452 g/mol. The summed E-state index contributed by atoms with van der Waals surface area (Å²) < 4.78 is 1.86. The number of nitrogens with zero attached hydrogens (tertiary/aromatic N) is 2. The Labute approximate surface area is 168 Å². The van der Waals surface area contributed by atoms with Gasteiger partial charge in [-0.1, -0.05) is 70.4 Å². The van der Waals surface area contributed by atoms with E-state index in [1.807, 2.05) is 72.8 Å². The predicted octanol–water partition coefficient (Wildman–Crippen LogP) is 6.22. The van der Waals surface area contributed by atoms with E-state index in [9.17, 15) is 0 Å². The summed E-state index contributed by atoms with van der Waals surface area (Å²) in [6.07, 6.45) is 0. The van der Waals surface area contributed by atoms with Gasteiger partial charge in [-0.05, 0) is 46.1 Å². The van der Waals surface area contributed by atoms with Gasteiger partial charge in [-0.25, -0.2) is 9.97 Å². The molecule has 0 amide bonds. The molecule has 0 aliphatic carbocycles. The number of fused-ring (bicyclic) bond motifs is 1. The van der Waals surface area contributed by atoms with E-state index in [0.717, 1.165) is 31.0 Å². The molecule has 0 aliphatic heterocycles. The molecular formula is C22H12Br2N2. The number of hydrogen-bond acceptors (Lipinski definition) is 2. The highest BCUT2D eigenvalue weighted by atomic mass is 79.9. The van der Waals surface area contributed by atoms with Crippen LogP contribution < -0.4 is 0 Å². The van der Waals surface area contributed by atoms with E-state index in [1.165, 1.54) is 0 Å². The molecule has 1 aromatic heterocycles. The Kier molecular flexibility index (Phi) is 4.83. The van der Waals surface area contributed by atoms with Crippen molar-refractivity contribution in [2.75, 3.05) is 0 Å². The second kappa shape index (κ2) is 7.41. The minimum atomic E-state index is 0.665. The Morgan fingerprint density at radius 1 is 0.731 bits per heavy atom. The van der Waals surface area contributed by atoms with Crippen molar-refractivity contribution in [3.63, 3.8) is 0 Å². The molecule has 4 rings (SSSR count). The van der Waals surface area contributed by atoms with E-state index in [0.29, 0.717) is 11.5 Å². The smallest absolute Gasteiger partial charge is 0.161 e. The molecule has 0 aliphatic rings. The van der Waals surface area contributed by atoms with Gasteiger partial charge in [0.1, 0.15) is 5.69 Å². The standard InChI is InChI=1S/C22H12Br2N2/c23-17-13-18-20(12-11-15-7-3-1-4-8-15)25-22(16-9-5-2-6-10-16)26-21(18)19(24)14-17/h1-10,13-14H. The van der Waals surface area contributed by atoms with Crippen LogP contribution in [-0.4, -0.2) is 9.97 Å². The lowest BCUT2D eigenvalue weighted by Crippen LogP contribution is -1.96. The first kappa shape index (κ1) is 17.0. The van der Waals surface area contributed by atoms with Crippen LogP contribution in [0.5, 0.6) is 0 Å². The highest BCUT2D eigenvalue weighted by Crippen LogP contribution is 2.30. The third kappa shape index (κ3) is 3.55. The summed E-state index contributed by atoms with van der Waals surface area (Å²) in [5, 5.41) is 0.911. The van der Waals surface area contributed by atoms with E-state index in [2.05, 4.69) is 43.7 Å². The van der Waals surface area contributed by atoms with E-state index < -0.39 is 0 Å².